The average molecular weight is 269 g/mol. The van der Waals surface area contributed by atoms with Gasteiger partial charge < -0.3 is 10.6 Å². The fourth-order valence-corrected chi connectivity index (χ4v) is 1.95. The van der Waals surface area contributed by atoms with Crippen LogP contribution in [-0.2, 0) is 6.42 Å². The molecule has 1 rings (SSSR count). The van der Waals surface area contributed by atoms with Gasteiger partial charge in [-0.05, 0) is 37.0 Å². The average Bonchev–Trinajstić information content (AvgIpc) is 2.36. The Morgan fingerprint density at radius 1 is 1.33 bits per heavy atom. The van der Waals surface area contributed by atoms with E-state index in [0.29, 0.717) is 6.54 Å². The molecule has 0 spiro atoms. The molecule has 0 aliphatic carbocycles. The molecule has 0 aliphatic rings. The Morgan fingerprint density at radius 2 is 2.06 bits per heavy atom. The quantitative estimate of drug-likeness (QED) is 0.816. The zero-order valence-electron chi connectivity index (χ0n) is 11.0. The number of benzene rings is 1. The number of hydrogen-bond donors (Lipinski definition) is 2. The van der Waals surface area contributed by atoms with Crippen LogP contribution in [0, 0.1) is 0 Å². The maximum atomic E-state index is 11.6. The summed E-state index contributed by atoms with van der Waals surface area (Å²) in [6, 6.07) is 7.86. The highest BCUT2D eigenvalue weighted by molar-refractivity contribution is 6.30. The molecule has 18 heavy (non-hydrogen) atoms. The highest BCUT2D eigenvalue weighted by atomic mass is 35.5. The first-order chi connectivity index (χ1) is 8.65. The number of urea groups is 1. The summed E-state index contributed by atoms with van der Waals surface area (Å²) in [6.07, 6.45) is 2.70. The molecule has 3 nitrogen and oxygen atoms in total. The van der Waals surface area contributed by atoms with E-state index in [2.05, 4.69) is 24.5 Å². The lowest BCUT2D eigenvalue weighted by Crippen LogP contribution is -2.42. The van der Waals surface area contributed by atoms with Crippen LogP contribution in [0.1, 0.15) is 32.3 Å². The third-order valence-electron chi connectivity index (χ3n) is 2.91. The molecule has 2 N–H and O–H groups in total. The van der Waals surface area contributed by atoms with Crippen LogP contribution in [0.25, 0.3) is 0 Å². The van der Waals surface area contributed by atoms with Gasteiger partial charge in [0.25, 0.3) is 0 Å². The second-order valence-electron chi connectivity index (χ2n) is 4.29. The van der Waals surface area contributed by atoms with Gasteiger partial charge in [0.05, 0.1) is 0 Å². The molecule has 0 fully saturated rings. The van der Waals surface area contributed by atoms with Crippen molar-refractivity contribution in [2.75, 3.05) is 6.54 Å². The lowest BCUT2D eigenvalue weighted by atomic mass is 10.1. The molecular formula is C14H21ClN2O. The molecular weight excluding hydrogens is 248 g/mol. The van der Waals surface area contributed by atoms with Crippen molar-refractivity contribution in [1.29, 1.82) is 0 Å². The Hall–Kier alpha value is -1.22. The summed E-state index contributed by atoms with van der Waals surface area (Å²) in [4.78, 5) is 11.6. The largest absolute Gasteiger partial charge is 0.338 e. The van der Waals surface area contributed by atoms with Crippen LogP contribution in [-0.4, -0.2) is 18.6 Å². The third kappa shape index (κ3) is 5.41. The van der Waals surface area contributed by atoms with Gasteiger partial charge in [-0.25, -0.2) is 4.79 Å². The highest BCUT2D eigenvalue weighted by Crippen LogP contribution is 2.10. The summed E-state index contributed by atoms with van der Waals surface area (Å²) >= 11 is 5.89. The van der Waals surface area contributed by atoms with Gasteiger partial charge in [-0.3, -0.25) is 0 Å². The topological polar surface area (TPSA) is 41.1 Å². The smallest absolute Gasteiger partial charge is 0.315 e. The van der Waals surface area contributed by atoms with E-state index in [0.717, 1.165) is 29.8 Å². The predicted octanol–water partition coefficient (Wildman–Crippen LogP) is 3.37. The van der Waals surface area contributed by atoms with E-state index in [1.165, 1.54) is 0 Å². The molecule has 0 radical (unpaired) electrons. The van der Waals surface area contributed by atoms with Gasteiger partial charge in [0.2, 0.25) is 0 Å². The zero-order valence-corrected chi connectivity index (χ0v) is 11.8. The molecule has 0 unspecified atom stereocenters. The molecule has 0 heterocycles. The minimum Gasteiger partial charge on any atom is -0.338 e. The summed E-state index contributed by atoms with van der Waals surface area (Å²) in [5.41, 5.74) is 1.13. The van der Waals surface area contributed by atoms with E-state index in [1.54, 1.807) is 0 Å². The molecule has 100 valence electrons. The highest BCUT2D eigenvalue weighted by Gasteiger charge is 2.06. The number of carbonyl (C=O) groups is 1. The fraction of sp³-hybridized carbons (Fsp3) is 0.500. The minimum atomic E-state index is -0.0919. The summed E-state index contributed by atoms with van der Waals surface area (Å²) in [6.45, 7) is 4.76. The van der Waals surface area contributed by atoms with E-state index in [-0.39, 0.29) is 12.1 Å². The van der Waals surface area contributed by atoms with Gasteiger partial charge >= 0.3 is 6.03 Å². The maximum absolute atomic E-state index is 11.6. The number of hydrogen-bond acceptors (Lipinski definition) is 1. The van der Waals surface area contributed by atoms with E-state index in [1.807, 2.05) is 24.3 Å². The lowest BCUT2D eigenvalue weighted by molar-refractivity contribution is 0.236. The van der Waals surface area contributed by atoms with Crippen molar-refractivity contribution in [2.45, 2.75) is 39.2 Å². The van der Waals surface area contributed by atoms with Gasteiger partial charge in [-0.1, -0.05) is 37.6 Å². The number of halogens is 1. The van der Waals surface area contributed by atoms with Crippen LogP contribution < -0.4 is 10.6 Å². The summed E-state index contributed by atoms with van der Waals surface area (Å²) < 4.78 is 0. The van der Waals surface area contributed by atoms with Gasteiger partial charge in [0.1, 0.15) is 0 Å². The molecule has 0 aliphatic heterocycles. The molecule has 4 heteroatoms. The van der Waals surface area contributed by atoms with Gasteiger partial charge in [0.15, 0.2) is 0 Å². The Morgan fingerprint density at radius 3 is 2.67 bits per heavy atom. The Kier molecular flexibility index (Phi) is 6.58. The van der Waals surface area contributed by atoms with Crippen LogP contribution in [0.2, 0.25) is 5.02 Å². The van der Waals surface area contributed by atoms with Gasteiger partial charge in [-0.2, -0.15) is 0 Å². The second kappa shape index (κ2) is 7.98. The molecule has 0 aromatic heterocycles. The Balaban J connectivity index is 2.27. The van der Waals surface area contributed by atoms with Crippen molar-refractivity contribution in [3.63, 3.8) is 0 Å². The van der Waals surface area contributed by atoms with Crippen molar-refractivity contribution in [1.82, 2.24) is 10.6 Å². The molecule has 0 atom stereocenters. The third-order valence-corrected chi connectivity index (χ3v) is 3.14. The summed E-state index contributed by atoms with van der Waals surface area (Å²) in [7, 11) is 0. The van der Waals surface area contributed by atoms with E-state index in [4.69, 9.17) is 11.6 Å². The van der Waals surface area contributed by atoms with E-state index < -0.39 is 0 Å². The number of amides is 2. The number of nitrogens with one attached hydrogen (secondary N) is 2. The first-order valence-electron chi connectivity index (χ1n) is 6.44. The first kappa shape index (κ1) is 14.8. The SMILES string of the molecule is CCC(CC)NC(=O)NCCc1cccc(Cl)c1. The van der Waals surface area contributed by atoms with Crippen molar-refractivity contribution in [2.24, 2.45) is 0 Å². The van der Waals surface area contributed by atoms with Crippen LogP contribution in [0.5, 0.6) is 0 Å². The Labute approximate surface area is 114 Å². The summed E-state index contributed by atoms with van der Waals surface area (Å²) in [5.74, 6) is 0. The lowest BCUT2D eigenvalue weighted by Gasteiger charge is -2.15. The monoisotopic (exact) mass is 268 g/mol. The van der Waals surface area contributed by atoms with Crippen molar-refractivity contribution >= 4 is 17.6 Å². The molecule has 0 saturated heterocycles. The molecule has 1 aromatic rings. The van der Waals surface area contributed by atoms with Crippen molar-refractivity contribution in [3.8, 4) is 0 Å². The molecule has 0 bridgehead atoms. The minimum absolute atomic E-state index is 0.0919. The summed E-state index contributed by atoms with van der Waals surface area (Å²) in [5, 5.41) is 6.53. The van der Waals surface area contributed by atoms with Crippen molar-refractivity contribution in [3.05, 3.63) is 34.9 Å². The van der Waals surface area contributed by atoms with Crippen LogP contribution in [0.3, 0.4) is 0 Å². The maximum Gasteiger partial charge on any atom is 0.315 e. The van der Waals surface area contributed by atoms with Gasteiger partial charge in [0, 0.05) is 17.6 Å². The first-order valence-corrected chi connectivity index (χ1v) is 6.82. The van der Waals surface area contributed by atoms with E-state index >= 15 is 0 Å². The second-order valence-corrected chi connectivity index (χ2v) is 4.73. The van der Waals surface area contributed by atoms with Crippen molar-refractivity contribution < 1.29 is 4.79 Å². The standard InChI is InChI=1S/C14H21ClN2O/c1-3-13(4-2)17-14(18)16-9-8-11-6-5-7-12(15)10-11/h5-7,10,13H,3-4,8-9H2,1-2H3,(H2,16,17,18). The molecule has 0 saturated carbocycles. The fourth-order valence-electron chi connectivity index (χ4n) is 1.74. The normalized spacial score (nSPS) is 10.4. The van der Waals surface area contributed by atoms with Crippen LogP contribution in [0.15, 0.2) is 24.3 Å². The van der Waals surface area contributed by atoms with Crippen LogP contribution >= 0.6 is 11.6 Å². The number of carbonyl (C=O) groups excluding carboxylic acids is 1. The molecule has 2 amide bonds. The zero-order chi connectivity index (χ0) is 13.4. The van der Waals surface area contributed by atoms with E-state index in [9.17, 15) is 4.79 Å². The van der Waals surface area contributed by atoms with Gasteiger partial charge in [-0.15, -0.1) is 0 Å². The molecule has 1 aromatic carbocycles. The Bertz CT molecular complexity index is 378. The van der Waals surface area contributed by atoms with Crippen LogP contribution in [0.4, 0.5) is 4.79 Å². The number of rotatable bonds is 6. The predicted molar refractivity (Wildman–Crippen MR) is 76.1 cm³/mol.